The predicted octanol–water partition coefficient (Wildman–Crippen LogP) is 2.98. The maximum Gasteiger partial charge on any atom is 0.265 e. The van der Waals surface area contributed by atoms with Gasteiger partial charge in [-0.05, 0) is 40.2 Å². The Morgan fingerprint density at radius 3 is 2.26 bits per heavy atom. The molecule has 0 saturated carbocycles. The summed E-state index contributed by atoms with van der Waals surface area (Å²) < 4.78 is 26.5. The number of rotatable bonds is 3. The summed E-state index contributed by atoms with van der Waals surface area (Å²) in [6, 6.07) is 12.9. The summed E-state index contributed by atoms with van der Waals surface area (Å²) in [5.41, 5.74) is 0.234. The molecule has 0 aliphatic heterocycles. The third-order valence-electron chi connectivity index (χ3n) is 2.70. The van der Waals surface area contributed by atoms with Crippen LogP contribution in [0.2, 0.25) is 0 Å². The quantitative estimate of drug-likeness (QED) is 0.933. The van der Waals surface area contributed by atoms with Gasteiger partial charge in [0.25, 0.3) is 10.0 Å². The van der Waals surface area contributed by atoms with Crippen molar-refractivity contribution < 1.29 is 13.5 Å². The standard InChI is InChI=1S/C13H12BrNO3S/c1-15(11-7-3-4-8-12(11)16)19(17,18)13-9-5-2-6-10(13)14/h2-9,16H,1H3. The Bertz CT molecular complexity index is 701. The average molecular weight is 342 g/mol. The Morgan fingerprint density at radius 1 is 1.05 bits per heavy atom. The molecule has 0 heterocycles. The smallest absolute Gasteiger partial charge is 0.265 e. The highest BCUT2D eigenvalue weighted by molar-refractivity contribution is 9.10. The van der Waals surface area contributed by atoms with Crippen molar-refractivity contribution in [1.29, 1.82) is 0 Å². The summed E-state index contributed by atoms with van der Waals surface area (Å²) in [6.07, 6.45) is 0. The zero-order valence-corrected chi connectivity index (χ0v) is 12.5. The van der Waals surface area contributed by atoms with Crippen LogP contribution >= 0.6 is 15.9 Å². The van der Waals surface area contributed by atoms with E-state index in [-0.39, 0.29) is 16.3 Å². The third-order valence-corrected chi connectivity index (χ3v) is 5.48. The summed E-state index contributed by atoms with van der Waals surface area (Å²) >= 11 is 3.22. The van der Waals surface area contributed by atoms with Crippen molar-refractivity contribution >= 4 is 31.6 Å². The highest BCUT2D eigenvalue weighted by Gasteiger charge is 2.24. The summed E-state index contributed by atoms with van der Waals surface area (Å²) in [5, 5.41) is 9.74. The molecule has 4 nitrogen and oxygen atoms in total. The van der Waals surface area contributed by atoms with Gasteiger partial charge in [-0.1, -0.05) is 24.3 Å². The van der Waals surface area contributed by atoms with Gasteiger partial charge in [-0.25, -0.2) is 8.42 Å². The normalized spacial score (nSPS) is 11.3. The van der Waals surface area contributed by atoms with E-state index in [1.807, 2.05) is 0 Å². The molecule has 0 atom stereocenters. The third kappa shape index (κ3) is 2.59. The largest absolute Gasteiger partial charge is 0.506 e. The molecule has 100 valence electrons. The maximum absolute atomic E-state index is 12.5. The number of benzene rings is 2. The summed E-state index contributed by atoms with van der Waals surface area (Å²) in [5.74, 6) is -0.0828. The lowest BCUT2D eigenvalue weighted by Crippen LogP contribution is -2.26. The average Bonchev–Trinajstić information content (AvgIpc) is 2.39. The minimum atomic E-state index is -3.72. The van der Waals surface area contributed by atoms with Crippen LogP contribution in [0.3, 0.4) is 0 Å². The number of aromatic hydroxyl groups is 1. The number of hydrogen-bond donors (Lipinski definition) is 1. The lowest BCUT2D eigenvalue weighted by molar-refractivity contribution is 0.476. The molecule has 0 spiro atoms. The van der Waals surface area contributed by atoms with Crippen LogP contribution in [0.15, 0.2) is 57.9 Å². The van der Waals surface area contributed by atoms with Gasteiger partial charge in [0.2, 0.25) is 0 Å². The van der Waals surface area contributed by atoms with Crippen LogP contribution in [0, 0.1) is 0 Å². The van der Waals surface area contributed by atoms with Crippen molar-refractivity contribution in [2.24, 2.45) is 0 Å². The van der Waals surface area contributed by atoms with Crippen molar-refractivity contribution in [2.75, 3.05) is 11.4 Å². The van der Waals surface area contributed by atoms with Gasteiger partial charge >= 0.3 is 0 Å². The molecule has 0 aromatic heterocycles. The van der Waals surface area contributed by atoms with E-state index >= 15 is 0 Å². The first-order valence-corrected chi connectivity index (χ1v) is 7.69. The molecule has 6 heteroatoms. The van der Waals surface area contributed by atoms with Gasteiger partial charge in [-0.3, -0.25) is 4.31 Å². The van der Waals surface area contributed by atoms with E-state index in [4.69, 9.17) is 0 Å². The monoisotopic (exact) mass is 341 g/mol. The van der Waals surface area contributed by atoms with E-state index in [9.17, 15) is 13.5 Å². The molecule has 1 N–H and O–H groups in total. The Kier molecular flexibility index (Phi) is 3.82. The van der Waals surface area contributed by atoms with Crippen molar-refractivity contribution in [1.82, 2.24) is 0 Å². The van der Waals surface area contributed by atoms with E-state index in [1.165, 1.54) is 19.2 Å². The van der Waals surface area contributed by atoms with Crippen LogP contribution in [0.1, 0.15) is 0 Å². The van der Waals surface area contributed by atoms with Crippen molar-refractivity contribution in [2.45, 2.75) is 4.90 Å². The Morgan fingerprint density at radius 2 is 1.63 bits per heavy atom. The van der Waals surface area contributed by atoms with E-state index in [0.29, 0.717) is 4.47 Å². The Hall–Kier alpha value is -1.53. The Labute approximate surface area is 120 Å². The lowest BCUT2D eigenvalue weighted by Gasteiger charge is -2.20. The predicted molar refractivity (Wildman–Crippen MR) is 77.8 cm³/mol. The highest BCUT2D eigenvalue weighted by atomic mass is 79.9. The van der Waals surface area contributed by atoms with Crippen LogP contribution in [0.4, 0.5) is 5.69 Å². The first kappa shape index (κ1) is 13.9. The molecule has 2 rings (SSSR count). The van der Waals surface area contributed by atoms with Gasteiger partial charge < -0.3 is 5.11 Å². The molecular formula is C13H12BrNO3S. The molecule has 0 aliphatic carbocycles. The molecule has 2 aromatic carbocycles. The minimum absolute atomic E-state index is 0.0828. The van der Waals surface area contributed by atoms with Crippen LogP contribution in [0.25, 0.3) is 0 Å². The van der Waals surface area contributed by atoms with Crippen LogP contribution < -0.4 is 4.31 Å². The van der Waals surface area contributed by atoms with Gasteiger partial charge in [0, 0.05) is 11.5 Å². The van der Waals surface area contributed by atoms with E-state index < -0.39 is 10.0 Å². The number of phenolic OH excluding ortho intramolecular Hbond substituents is 1. The molecule has 0 amide bonds. The van der Waals surface area contributed by atoms with Gasteiger partial charge in [0.15, 0.2) is 0 Å². The van der Waals surface area contributed by atoms with Crippen molar-refractivity contribution in [3.63, 3.8) is 0 Å². The van der Waals surface area contributed by atoms with Crippen molar-refractivity contribution in [3.05, 3.63) is 53.0 Å². The first-order chi connectivity index (χ1) is 8.94. The van der Waals surface area contributed by atoms with Gasteiger partial charge in [-0.2, -0.15) is 0 Å². The fraction of sp³-hybridized carbons (Fsp3) is 0.0769. The summed E-state index contributed by atoms with van der Waals surface area (Å²) in [7, 11) is -2.31. The molecule has 0 saturated heterocycles. The molecule has 0 radical (unpaired) electrons. The summed E-state index contributed by atoms with van der Waals surface area (Å²) in [4.78, 5) is 0.153. The maximum atomic E-state index is 12.5. The number of para-hydroxylation sites is 2. The zero-order chi connectivity index (χ0) is 14.0. The number of phenols is 1. The van der Waals surface area contributed by atoms with E-state index in [0.717, 1.165) is 4.31 Å². The number of anilines is 1. The SMILES string of the molecule is CN(c1ccccc1O)S(=O)(=O)c1ccccc1Br. The number of sulfonamides is 1. The van der Waals surface area contributed by atoms with Gasteiger partial charge in [0.1, 0.15) is 10.6 Å². The molecule has 0 bridgehead atoms. The second kappa shape index (κ2) is 5.22. The zero-order valence-electron chi connectivity index (χ0n) is 10.1. The van der Waals surface area contributed by atoms with Crippen LogP contribution in [-0.4, -0.2) is 20.6 Å². The Balaban J connectivity index is 2.52. The fourth-order valence-electron chi connectivity index (χ4n) is 1.66. The van der Waals surface area contributed by atoms with Crippen molar-refractivity contribution in [3.8, 4) is 5.75 Å². The first-order valence-electron chi connectivity index (χ1n) is 5.46. The molecule has 0 fully saturated rings. The number of halogens is 1. The minimum Gasteiger partial charge on any atom is -0.506 e. The van der Waals surface area contributed by atoms with E-state index in [2.05, 4.69) is 15.9 Å². The van der Waals surface area contributed by atoms with Crippen LogP contribution in [-0.2, 0) is 10.0 Å². The molecule has 19 heavy (non-hydrogen) atoms. The topological polar surface area (TPSA) is 57.6 Å². The molecule has 0 unspecified atom stereocenters. The fourth-order valence-corrected chi connectivity index (χ4v) is 3.83. The second-order valence-electron chi connectivity index (χ2n) is 3.89. The lowest BCUT2D eigenvalue weighted by atomic mass is 10.3. The molecular weight excluding hydrogens is 330 g/mol. The highest BCUT2D eigenvalue weighted by Crippen LogP contribution is 2.32. The second-order valence-corrected chi connectivity index (χ2v) is 6.68. The van der Waals surface area contributed by atoms with Crippen LogP contribution in [0.5, 0.6) is 5.75 Å². The molecule has 0 aliphatic rings. The number of hydrogen-bond acceptors (Lipinski definition) is 3. The summed E-state index contributed by atoms with van der Waals surface area (Å²) in [6.45, 7) is 0. The number of nitrogens with zero attached hydrogens (tertiary/aromatic N) is 1. The molecule has 2 aromatic rings. The van der Waals surface area contributed by atoms with Gasteiger partial charge in [0.05, 0.1) is 5.69 Å². The van der Waals surface area contributed by atoms with Gasteiger partial charge in [-0.15, -0.1) is 0 Å². The van der Waals surface area contributed by atoms with E-state index in [1.54, 1.807) is 36.4 Å².